The van der Waals surface area contributed by atoms with Crippen molar-refractivity contribution < 1.29 is 9.47 Å². The number of hydrogen-bond donors (Lipinski definition) is 0. The molecule has 3 heterocycles. The molecule has 4 rings (SSSR count). The van der Waals surface area contributed by atoms with E-state index in [1.807, 2.05) is 58.9 Å². The first-order chi connectivity index (χ1) is 13.7. The molecule has 3 aromatic rings. The molecule has 0 aliphatic carbocycles. The fraction of sp³-hybridized carbons (Fsp3) is 0.333. The molecule has 0 amide bonds. The van der Waals surface area contributed by atoms with Crippen molar-refractivity contribution in [2.45, 2.75) is 11.3 Å². The monoisotopic (exact) mass is 411 g/mol. The van der Waals surface area contributed by atoms with E-state index in [9.17, 15) is 5.26 Å². The zero-order valence-corrected chi connectivity index (χ0v) is 17.5. The number of ether oxygens (including phenoxy) is 2. The van der Waals surface area contributed by atoms with Gasteiger partial charge in [0.1, 0.15) is 23.0 Å². The van der Waals surface area contributed by atoms with Crippen molar-refractivity contribution in [3.63, 3.8) is 0 Å². The Bertz CT molecular complexity index is 1040. The summed E-state index contributed by atoms with van der Waals surface area (Å²) >= 11 is 3.52. The Morgan fingerprint density at radius 1 is 1.39 bits per heavy atom. The van der Waals surface area contributed by atoms with Gasteiger partial charge in [-0.25, -0.2) is 4.98 Å². The number of nitrogens with zero attached hydrogens (tertiary/aromatic N) is 3. The number of fused-ring (bicyclic) bond motifs is 1. The van der Waals surface area contributed by atoms with Gasteiger partial charge in [-0.3, -0.25) is 4.40 Å². The standard InChI is InChI=1S/C21H21N3O2S2/c1-25-21-5-3-4-20-23-11-17(24(20)21)15-8-18(16(10-22)19(9-15)27-2)26-12-14-6-7-28-13-14/h3-5,8-9,11,14H,6-7,12-13H2,1-2H3. The highest BCUT2D eigenvalue weighted by atomic mass is 32.2. The Labute approximate surface area is 173 Å². The number of aromatic nitrogens is 2. The van der Waals surface area contributed by atoms with E-state index < -0.39 is 0 Å². The topological polar surface area (TPSA) is 59.5 Å². The molecule has 1 aliphatic rings. The molecule has 1 unspecified atom stereocenters. The Balaban J connectivity index is 1.79. The van der Waals surface area contributed by atoms with Gasteiger partial charge >= 0.3 is 0 Å². The fourth-order valence-electron chi connectivity index (χ4n) is 3.41. The quantitative estimate of drug-likeness (QED) is 0.546. The van der Waals surface area contributed by atoms with Gasteiger partial charge in [-0.05, 0) is 48.4 Å². The zero-order valence-electron chi connectivity index (χ0n) is 15.8. The van der Waals surface area contributed by atoms with Crippen molar-refractivity contribution in [3.8, 4) is 29.0 Å². The Kier molecular flexibility index (Phi) is 5.69. The maximum Gasteiger partial charge on any atom is 0.199 e. The molecule has 28 heavy (non-hydrogen) atoms. The van der Waals surface area contributed by atoms with Crippen LogP contribution >= 0.6 is 23.5 Å². The lowest BCUT2D eigenvalue weighted by molar-refractivity contribution is 0.262. The van der Waals surface area contributed by atoms with Gasteiger partial charge in [0.25, 0.3) is 0 Å². The lowest BCUT2D eigenvalue weighted by Crippen LogP contribution is -2.12. The summed E-state index contributed by atoms with van der Waals surface area (Å²) in [7, 11) is 1.65. The summed E-state index contributed by atoms with van der Waals surface area (Å²) in [5.41, 5.74) is 3.28. The maximum atomic E-state index is 9.71. The van der Waals surface area contributed by atoms with Crippen LogP contribution in [0.4, 0.5) is 0 Å². The molecule has 2 aromatic heterocycles. The van der Waals surface area contributed by atoms with Crippen LogP contribution in [0.2, 0.25) is 0 Å². The highest BCUT2D eigenvalue weighted by molar-refractivity contribution is 7.99. The zero-order chi connectivity index (χ0) is 19.5. The summed E-state index contributed by atoms with van der Waals surface area (Å²) in [6.45, 7) is 0.648. The van der Waals surface area contributed by atoms with E-state index in [1.54, 1.807) is 18.9 Å². The molecule has 7 heteroatoms. The third kappa shape index (κ3) is 3.54. The fourth-order valence-corrected chi connectivity index (χ4v) is 5.27. The van der Waals surface area contributed by atoms with Gasteiger partial charge in [0, 0.05) is 16.4 Å². The average Bonchev–Trinajstić information content (AvgIpc) is 3.41. The molecule has 0 N–H and O–H groups in total. The molecule has 5 nitrogen and oxygen atoms in total. The number of hydrogen-bond acceptors (Lipinski definition) is 6. The molecule has 1 fully saturated rings. The first-order valence-corrected chi connectivity index (χ1v) is 11.5. The number of methoxy groups -OCH3 is 1. The van der Waals surface area contributed by atoms with E-state index in [0.29, 0.717) is 29.7 Å². The van der Waals surface area contributed by atoms with E-state index in [4.69, 9.17) is 9.47 Å². The van der Waals surface area contributed by atoms with E-state index in [1.165, 1.54) is 12.2 Å². The van der Waals surface area contributed by atoms with E-state index in [-0.39, 0.29) is 0 Å². The Morgan fingerprint density at radius 3 is 3.00 bits per heavy atom. The summed E-state index contributed by atoms with van der Waals surface area (Å²) in [6.07, 6.45) is 4.99. The Morgan fingerprint density at radius 2 is 2.29 bits per heavy atom. The van der Waals surface area contributed by atoms with Crippen molar-refractivity contribution >= 4 is 29.2 Å². The van der Waals surface area contributed by atoms with Crippen molar-refractivity contribution in [2.24, 2.45) is 5.92 Å². The molecule has 1 atom stereocenters. The Hall–Kier alpha value is -2.30. The molecule has 1 saturated heterocycles. The van der Waals surface area contributed by atoms with Crippen LogP contribution in [0.1, 0.15) is 12.0 Å². The van der Waals surface area contributed by atoms with Gasteiger partial charge in [-0.15, -0.1) is 11.8 Å². The molecule has 0 saturated carbocycles. The van der Waals surface area contributed by atoms with Crippen LogP contribution in [-0.4, -0.2) is 40.9 Å². The second-order valence-corrected chi connectivity index (χ2v) is 8.61. The third-order valence-corrected chi connectivity index (χ3v) is 6.89. The lowest BCUT2D eigenvalue weighted by atomic mass is 10.1. The van der Waals surface area contributed by atoms with Gasteiger partial charge in [0.15, 0.2) is 5.88 Å². The van der Waals surface area contributed by atoms with Crippen molar-refractivity contribution in [1.29, 1.82) is 5.26 Å². The van der Waals surface area contributed by atoms with E-state index in [0.717, 1.165) is 27.6 Å². The van der Waals surface area contributed by atoms with Crippen LogP contribution in [0.3, 0.4) is 0 Å². The number of imidazole rings is 1. The normalized spacial score (nSPS) is 16.2. The van der Waals surface area contributed by atoms with Gasteiger partial charge in [0.2, 0.25) is 0 Å². The second kappa shape index (κ2) is 8.38. The first kappa shape index (κ1) is 19.0. The van der Waals surface area contributed by atoms with Crippen LogP contribution in [0.25, 0.3) is 16.9 Å². The minimum Gasteiger partial charge on any atom is -0.492 e. The van der Waals surface area contributed by atoms with Crippen LogP contribution in [0.15, 0.2) is 41.4 Å². The number of rotatable bonds is 6. The molecule has 0 radical (unpaired) electrons. The number of thioether (sulfide) groups is 2. The third-order valence-electron chi connectivity index (χ3n) is 4.89. The number of benzene rings is 1. The molecule has 0 spiro atoms. The number of pyridine rings is 1. The van der Waals surface area contributed by atoms with E-state index in [2.05, 4.69) is 11.1 Å². The lowest BCUT2D eigenvalue weighted by Gasteiger charge is -2.16. The highest BCUT2D eigenvalue weighted by Crippen LogP contribution is 2.36. The molecule has 144 valence electrons. The van der Waals surface area contributed by atoms with Crippen LogP contribution < -0.4 is 9.47 Å². The number of nitriles is 1. The first-order valence-electron chi connectivity index (χ1n) is 9.08. The summed E-state index contributed by atoms with van der Waals surface area (Å²) in [5.74, 6) is 4.23. The molecule has 1 aromatic carbocycles. The minimum atomic E-state index is 0.550. The summed E-state index contributed by atoms with van der Waals surface area (Å²) in [6, 6.07) is 12.1. The molecular formula is C21H21N3O2S2. The van der Waals surface area contributed by atoms with Crippen LogP contribution in [0, 0.1) is 17.2 Å². The van der Waals surface area contributed by atoms with Gasteiger partial charge in [0.05, 0.1) is 25.6 Å². The predicted octanol–water partition coefficient (Wildman–Crippen LogP) is 4.74. The molecule has 1 aliphatic heterocycles. The summed E-state index contributed by atoms with van der Waals surface area (Å²) in [4.78, 5) is 5.41. The van der Waals surface area contributed by atoms with E-state index >= 15 is 0 Å². The largest absolute Gasteiger partial charge is 0.492 e. The SMILES string of the molecule is COc1cccc2ncc(-c3cc(OCC4CCSC4)c(C#N)c(SC)c3)n12. The molecule has 0 bridgehead atoms. The highest BCUT2D eigenvalue weighted by Gasteiger charge is 2.20. The van der Waals surface area contributed by atoms with Crippen molar-refractivity contribution in [1.82, 2.24) is 9.38 Å². The minimum absolute atomic E-state index is 0.550. The van der Waals surface area contributed by atoms with Crippen molar-refractivity contribution in [3.05, 3.63) is 42.1 Å². The summed E-state index contributed by atoms with van der Waals surface area (Å²) < 4.78 is 13.7. The summed E-state index contributed by atoms with van der Waals surface area (Å²) in [5, 5.41) is 9.71. The van der Waals surface area contributed by atoms with Gasteiger partial charge in [-0.1, -0.05) is 6.07 Å². The van der Waals surface area contributed by atoms with Crippen LogP contribution in [0.5, 0.6) is 11.6 Å². The van der Waals surface area contributed by atoms with Crippen molar-refractivity contribution in [2.75, 3.05) is 31.5 Å². The van der Waals surface area contributed by atoms with Crippen LogP contribution in [-0.2, 0) is 0 Å². The van der Waals surface area contributed by atoms with Gasteiger partial charge in [-0.2, -0.15) is 17.0 Å². The smallest absolute Gasteiger partial charge is 0.199 e. The maximum absolute atomic E-state index is 9.71. The predicted molar refractivity (Wildman–Crippen MR) is 115 cm³/mol. The second-order valence-electron chi connectivity index (χ2n) is 6.61. The average molecular weight is 412 g/mol. The van der Waals surface area contributed by atoms with Gasteiger partial charge < -0.3 is 9.47 Å². The molecular weight excluding hydrogens is 390 g/mol.